The first-order valence-corrected chi connectivity index (χ1v) is 7.41. The Morgan fingerprint density at radius 2 is 2.32 bits per heavy atom. The second-order valence-corrected chi connectivity index (χ2v) is 5.75. The van der Waals surface area contributed by atoms with E-state index in [1.165, 1.54) is 4.88 Å². The predicted molar refractivity (Wildman–Crippen MR) is 80.2 cm³/mol. The van der Waals surface area contributed by atoms with Crippen LogP contribution >= 0.6 is 22.9 Å². The summed E-state index contributed by atoms with van der Waals surface area (Å²) in [6, 6.07) is 7.71. The monoisotopic (exact) mass is 296 g/mol. The summed E-state index contributed by atoms with van der Waals surface area (Å²) < 4.78 is 5.93. The van der Waals surface area contributed by atoms with Crippen LogP contribution in [0.3, 0.4) is 0 Å². The predicted octanol–water partition coefficient (Wildman–Crippen LogP) is 3.39. The molecule has 0 aliphatic carbocycles. The van der Waals surface area contributed by atoms with Gasteiger partial charge in [0.25, 0.3) is 0 Å². The number of hydrogen-bond donors (Lipinski definition) is 1. The lowest BCUT2D eigenvalue weighted by molar-refractivity contribution is 0.174. The lowest BCUT2D eigenvalue weighted by Crippen LogP contribution is -2.40. The molecule has 102 valence electrons. The highest BCUT2D eigenvalue weighted by atomic mass is 35.5. The summed E-state index contributed by atoms with van der Waals surface area (Å²) in [5, 5.41) is 3.98. The number of hydrogen-bond acceptors (Lipinski definition) is 4. The number of likely N-dealkylation sites (N-methyl/N-ethyl adjacent to an activating group) is 1. The molecule has 1 N–H and O–H groups in total. The van der Waals surface area contributed by atoms with Gasteiger partial charge in [-0.3, -0.25) is 4.98 Å². The first-order chi connectivity index (χ1) is 9.19. The summed E-state index contributed by atoms with van der Waals surface area (Å²) in [7, 11) is 1.95. The second-order valence-electron chi connectivity index (χ2n) is 4.35. The molecule has 0 saturated carbocycles. The van der Waals surface area contributed by atoms with Crippen LogP contribution in [0, 0.1) is 0 Å². The van der Waals surface area contributed by atoms with Crippen LogP contribution < -0.4 is 10.1 Å². The molecule has 0 saturated heterocycles. The van der Waals surface area contributed by atoms with Crippen molar-refractivity contribution in [2.24, 2.45) is 0 Å². The highest BCUT2D eigenvalue weighted by Crippen LogP contribution is 2.20. The molecule has 19 heavy (non-hydrogen) atoms. The van der Waals surface area contributed by atoms with E-state index in [9.17, 15) is 0 Å². The van der Waals surface area contributed by atoms with E-state index >= 15 is 0 Å². The summed E-state index contributed by atoms with van der Waals surface area (Å²) in [6.07, 6.45) is 2.86. The largest absolute Gasteiger partial charge is 0.489 e. The zero-order chi connectivity index (χ0) is 13.7. The Morgan fingerprint density at radius 1 is 1.47 bits per heavy atom. The maximum absolute atomic E-state index is 5.95. The maximum atomic E-state index is 5.95. The maximum Gasteiger partial charge on any atom is 0.121 e. The fraction of sp³-hybridized carbons (Fsp3) is 0.357. The van der Waals surface area contributed by atoms with Gasteiger partial charge in [0.2, 0.25) is 0 Å². The number of nitrogens with one attached hydrogen (secondary N) is 1. The number of rotatable bonds is 6. The van der Waals surface area contributed by atoms with Crippen molar-refractivity contribution in [3.8, 4) is 5.75 Å². The van der Waals surface area contributed by atoms with Crippen molar-refractivity contribution < 1.29 is 4.74 Å². The summed E-state index contributed by atoms with van der Waals surface area (Å²) in [6.45, 7) is 2.06. The summed E-state index contributed by atoms with van der Waals surface area (Å²) in [5.74, 6) is 0.796. The lowest BCUT2D eigenvalue weighted by atomic mass is 10.1. The molecule has 0 aliphatic heterocycles. The standard InChI is InChI=1S/C14H17ClN2OS/c1-10(18-12-5-3-4-11(15)6-12)14(16-2)7-13-8-17-9-19-13/h3-6,8-10,14,16H,7H2,1-2H3. The van der Waals surface area contributed by atoms with E-state index in [1.807, 2.05) is 43.0 Å². The van der Waals surface area contributed by atoms with Gasteiger partial charge >= 0.3 is 0 Å². The lowest BCUT2D eigenvalue weighted by Gasteiger charge is -2.24. The van der Waals surface area contributed by atoms with E-state index in [2.05, 4.69) is 17.2 Å². The summed E-state index contributed by atoms with van der Waals surface area (Å²) >= 11 is 7.62. The Morgan fingerprint density at radius 3 is 2.95 bits per heavy atom. The number of nitrogens with zero attached hydrogens (tertiary/aromatic N) is 1. The van der Waals surface area contributed by atoms with Gasteiger partial charge in [-0.15, -0.1) is 11.3 Å². The first-order valence-electron chi connectivity index (χ1n) is 6.16. The average Bonchev–Trinajstić information content (AvgIpc) is 2.88. The zero-order valence-corrected chi connectivity index (χ0v) is 12.5. The molecular weight excluding hydrogens is 280 g/mol. The van der Waals surface area contributed by atoms with Gasteiger partial charge in [0, 0.05) is 28.6 Å². The van der Waals surface area contributed by atoms with Crippen LogP contribution in [0.5, 0.6) is 5.75 Å². The Balaban J connectivity index is 1.98. The molecule has 1 heterocycles. The van der Waals surface area contributed by atoms with Gasteiger partial charge in [0.15, 0.2) is 0 Å². The van der Waals surface area contributed by atoms with Crippen LogP contribution in [0.25, 0.3) is 0 Å². The van der Waals surface area contributed by atoms with Crippen molar-refractivity contribution in [3.63, 3.8) is 0 Å². The molecular formula is C14H17ClN2OS. The SMILES string of the molecule is CNC(Cc1cncs1)C(C)Oc1cccc(Cl)c1. The smallest absolute Gasteiger partial charge is 0.121 e. The molecule has 0 aliphatic rings. The number of halogens is 1. The van der Waals surface area contributed by atoms with Crippen LogP contribution in [0.15, 0.2) is 36.0 Å². The van der Waals surface area contributed by atoms with Crippen LogP contribution in [0.4, 0.5) is 0 Å². The fourth-order valence-corrected chi connectivity index (χ4v) is 2.73. The third-order valence-corrected chi connectivity index (χ3v) is 4.00. The molecule has 1 aromatic carbocycles. The van der Waals surface area contributed by atoms with E-state index in [-0.39, 0.29) is 12.1 Å². The van der Waals surface area contributed by atoms with Crippen molar-refractivity contribution in [1.82, 2.24) is 10.3 Å². The van der Waals surface area contributed by atoms with Gasteiger partial charge in [-0.2, -0.15) is 0 Å². The molecule has 2 aromatic rings. The van der Waals surface area contributed by atoms with Crippen molar-refractivity contribution in [2.45, 2.75) is 25.5 Å². The minimum absolute atomic E-state index is 0.0468. The molecule has 0 radical (unpaired) electrons. The van der Waals surface area contributed by atoms with Crippen LogP contribution in [0.2, 0.25) is 5.02 Å². The van der Waals surface area contributed by atoms with E-state index in [4.69, 9.17) is 16.3 Å². The Kier molecular flexibility index (Phi) is 5.19. The molecule has 2 rings (SSSR count). The highest BCUT2D eigenvalue weighted by Gasteiger charge is 2.18. The average molecular weight is 297 g/mol. The van der Waals surface area contributed by atoms with Gasteiger partial charge in [-0.25, -0.2) is 0 Å². The molecule has 1 aromatic heterocycles. The van der Waals surface area contributed by atoms with E-state index in [1.54, 1.807) is 11.3 Å². The number of benzene rings is 1. The quantitative estimate of drug-likeness (QED) is 0.887. The number of aromatic nitrogens is 1. The molecule has 3 nitrogen and oxygen atoms in total. The van der Waals surface area contributed by atoms with Gasteiger partial charge in [-0.1, -0.05) is 17.7 Å². The highest BCUT2D eigenvalue weighted by molar-refractivity contribution is 7.09. The second kappa shape index (κ2) is 6.89. The molecule has 2 atom stereocenters. The van der Waals surface area contributed by atoms with Crippen LogP contribution in [-0.2, 0) is 6.42 Å². The van der Waals surface area contributed by atoms with Crippen LogP contribution in [0.1, 0.15) is 11.8 Å². The molecule has 0 spiro atoms. The van der Waals surface area contributed by atoms with Crippen molar-refractivity contribution in [3.05, 3.63) is 45.9 Å². The molecule has 5 heteroatoms. The number of ether oxygens (including phenoxy) is 1. The third-order valence-electron chi connectivity index (χ3n) is 2.96. The normalized spacial score (nSPS) is 14.1. The minimum atomic E-state index is 0.0468. The Hall–Kier alpha value is -1.10. The zero-order valence-electron chi connectivity index (χ0n) is 11.0. The van der Waals surface area contributed by atoms with Crippen molar-refractivity contribution >= 4 is 22.9 Å². The first kappa shape index (κ1) is 14.3. The van der Waals surface area contributed by atoms with Crippen molar-refractivity contribution in [1.29, 1.82) is 0 Å². The van der Waals surface area contributed by atoms with Gasteiger partial charge < -0.3 is 10.1 Å². The minimum Gasteiger partial charge on any atom is -0.489 e. The Labute approximate surface area is 122 Å². The van der Waals surface area contributed by atoms with Crippen molar-refractivity contribution in [2.75, 3.05) is 7.05 Å². The van der Waals surface area contributed by atoms with Crippen LogP contribution in [-0.4, -0.2) is 24.2 Å². The van der Waals surface area contributed by atoms with E-state index in [0.717, 1.165) is 12.2 Å². The summed E-state index contributed by atoms with van der Waals surface area (Å²) in [5.41, 5.74) is 1.85. The topological polar surface area (TPSA) is 34.2 Å². The van der Waals surface area contributed by atoms with Gasteiger partial charge in [-0.05, 0) is 32.2 Å². The Bertz CT molecular complexity index is 504. The van der Waals surface area contributed by atoms with E-state index in [0.29, 0.717) is 5.02 Å². The fourth-order valence-electron chi connectivity index (χ4n) is 1.90. The third kappa shape index (κ3) is 4.20. The van der Waals surface area contributed by atoms with Gasteiger partial charge in [0.1, 0.15) is 11.9 Å². The molecule has 0 amide bonds. The van der Waals surface area contributed by atoms with Gasteiger partial charge in [0.05, 0.1) is 5.51 Å². The summed E-state index contributed by atoms with van der Waals surface area (Å²) in [4.78, 5) is 5.35. The molecule has 0 bridgehead atoms. The van der Waals surface area contributed by atoms with E-state index < -0.39 is 0 Å². The molecule has 2 unspecified atom stereocenters. The number of thiazole rings is 1. The molecule has 0 fully saturated rings.